The number of benzene rings is 1. The molecule has 0 radical (unpaired) electrons. The number of hydrogen-bond donors (Lipinski definition) is 0. The average Bonchev–Trinajstić information content (AvgIpc) is 2.37. The standard InChI is InChI=1S/C13H15NOSe/c1-2-5-13(6-3-1)16-12-4-7-14-8-10-15-11-9-14/h1-3,5-6H,7-11H2. The van der Waals surface area contributed by atoms with Crippen LogP contribution in [0.25, 0.3) is 0 Å². The Morgan fingerprint density at radius 2 is 1.94 bits per heavy atom. The van der Waals surface area contributed by atoms with Crippen LogP contribution in [0.2, 0.25) is 0 Å². The second-order valence-corrected chi connectivity index (χ2v) is 5.43. The first kappa shape index (κ1) is 11.7. The molecule has 0 atom stereocenters. The van der Waals surface area contributed by atoms with Crippen molar-refractivity contribution < 1.29 is 4.74 Å². The molecule has 0 unspecified atom stereocenters. The van der Waals surface area contributed by atoms with Crippen molar-refractivity contribution in [1.29, 1.82) is 0 Å². The van der Waals surface area contributed by atoms with Crippen molar-refractivity contribution in [2.45, 2.75) is 0 Å². The van der Waals surface area contributed by atoms with Gasteiger partial charge in [-0.2, -0.15) is 0 Å². The first-order valence-electron chi connectivity index (χ1n) is 5.45. The summed E-state index contributed by atoms with van der Waals surface area (Å²) in [5.74, 6) is 3.25. The predicted octanol–water partition coefficient (Wildman–Crippen LogP) is 0.309. The molecule has 2 nitrogen and oxygen atoms in total. The summed E-state index contributed by atoms with van der Waals surface area (Å²) >= 11 is 0.299. The van der Waals surface area contributed by atoms with E-state index in [0.29, 0.717) is 15.0 Å². The van der Waals surface area contributed by atoms with Crippen LogP contribution in [0.3, 0.4) is 0 Å². The molecule has 0 bridgehead atoms. The zero-order valence-corrected chi connectivity index (χ0v) is 10.9. The third kappa shape index (κ3) is 4.00. The van der Waals surface area contributed by atoms with Crippen LogP contribution in [0.1, 0.15) is 0 Å². The van der Waals surface area contributed by atoms with E-state index in [1.54, 1.807) is 0 Å². The van der Waals surface area contributed by atoms with Crippen LogP contribution in [0.15, 0.2) is 30.3 Å². The van der Waals surface area contributed by atoms with Crippen LogP contribution in [-0.2, 0) is 4.74 Å². The Morgan fingerprint density at radius 3 is 2.69 bits per heavy atom. The van der Waals surface area contributed by atoms with E-state index in [-0.39, 0.29) is 0 Å². The van der Waals surface area contributed by atoms with E-state index in [0.717, 1.165) is 32.8 Å². The number of rotatable bonds is 2. The molecule has 1 aliphatic rings. The molecule has 1 heterocycles. The Bertz CT molecular complexity index is 363. The first-order chi connectivity index (χ1) is 7.95. The van der Waals surface area contributed by atoms with Gasteiger partial charge in [0.15, 0.2) is 0 Å². The van der Waals surface area contributed by atoms with Gasteiger partial charge in [0.25, 0.3) is 0 Å². The van der Waals surface area contributed by atoms with Gasteiger partial charge in [0, 0.05) is 0 Å². The normalized spacial score (nSPS) is 16.5. The van der Waals surface area contributed by atoms with Crippen LogP contribution in [0.5, 0.6) is 0 Å². The van der Waals surface area contributed by atoms with E-state index < -0.39 is 0 Å². The van der Waals surface area contributed by atoms with Gasteiger partial charge in [-0.25, -0.2) is 0 Å². The van der Waals surface area contributed by atoms with Gasteiger partial charge >= 0.3 is 103 Å². The van der Waals surface area contributed by atoms with Gasteiger partial charge in [-0.1, -0.05) is 0 Å². The molecule has 84 valence electrons. The van der Waals surface area contributed by atoms with Gasteiger partial charge in [0.2, 0.25) is 0 Å². The number of ether oxygens (including phenoxy) is 1. The fraction of sp³-hybridized carbons (Fsp3) is 0.385. The van der Waals surface area contributed by atoms with Gasteiger partial charge in [-0.3, -0.25) is 0 Å². The van der Waals surface area contributed by atoms with E-state index >= 15 is 0 Å². The Kier molecular flexibility index (Phi) is 4.92. The van der Waals surface area contributed by atoms with Gasteiger partial charge in [-0.15, -0.1) is 0 Å². The summed E-state index contributed by atoms with van der Waals surface area (Å²) in [7, 11) is 0. The number of nitrogens with zero attached hydrogens (tertiary/aromatic N) is 1. The quantitative estimate of drug-likeness (QED) is 0.571. The zero-order chi connectivity index (χ0) is 11.1. The van der Waals surface area contributed by atoms with E-state index in [1.165, 1.54) is 4.46 Å². The van der Waals surface area contributed by atoms with Crippen LogP contribution in [-0.4, -0.2) is 52.7 Å². The van der Waals surface area contributed by atoms with Crippen molar-refractivity contribution in [3.8, 4) is 10.7 Å². The van der Waals surface area contributed by atoms with Gasteiger partial charge < -0.3 is 0 Å². The summed E-state index contributed by atoms with van der Waals surface area (Å²) in [6.07, 6.45) is 0. The van der Waals surface area contributed by atoms with E-state index in [1.807, 2.05) is 6.07 Å². The Morgan fingerprint density at radius 1 is 1.19 bits per heavy atom. The summed E-state index contributed by atoms with van der Waals surface area (Å²) in [6, 6.07) is 10.5. The van der Waals surface area contributed by atoms with Crippen LogP contribution >= 0.6 is 0 Å². The second kappa shape index (κ2) is 6.73. The Hall–Kier alpha value is -0.781. The molecule has 0 aliphatic carbocycles. The molecule has 0 N–H and O–H groups in total. The molecule has 1 saturated heterocycles. The van der Waals surface area contributed by atoms with E-state index in [4.69, 9.17) is 4.74 Å². The van der Waals surface area contributed by atoms with Crippen molar-refractivity contribution in [2.75, 3.05) is 32.8 Å². The third-order valence-corrected chi connectivity index (χ3v) is 3.97. The molecule has 1 aromatic rings. The second-order valence-electron chi connectivity index (χ2n) is 3.58. The Balaban J connectivity index is 1.73. The first-order valence-corrected chi connectivity index (χ1v) is 7.16. The Labute approximate surface area is 103 Å². The maximum absolute atomic E-state index is 5.29. The molecule has 1 aromatic carbocycles. The fourth-order valence-electron chi connectivity index (χ4n) is 1.49. The molecule has 2 rings (SSSR count). The minimum absolute atomic E-state index is 0.299. The molecule has 1 fully saturated rings. The van der Waals surface area contributed by atoms with Crippen molar-refractivity contribution in [2.24, 2.45) is 0 Å². The molecule has 0 aromatic heterocycles. The van der Waals surface area contributed by atoms with Crippen molar-refractivity contribution >= 4 is 19.4 Å². The van der Waals surface area contributed by atoms with E-state index in [2.05, 4.69) is 39.9 Å². The summed E-state index contributed by atoms with van der Waals surface area (Å²) in [4.78, 5) is 5.62. The number of morpholine rings is 1. The van der Waals surface area contributed by atoms with E-state index in [9.17, 15) is 0 Å². The predicted molar refractivity (Wildman–Crippen MR) is 66.9 cm³/mol. The van der Waals surface area contributed by atoms with Crippen LogP contribution < -0.4 is 4.46 Å². The SMILES string of the molecule is C(#C[Se]c1ccccc1)CN1CCOCC1. The van der Waals surface area contributed by atoms with Crippen molar-refractivity contribution in [3.63, 3.8) is 0 Å². The van der Waals surface area contributed by atoms with Crippen molar-refractivity contribution in [3.05, 3.63) is 30.3 Å². The van der Waals surface area contributed by atoms with Crippen LogP contribution in [0, 0.1) is 10.7 Å². The fourth-order valence-corrected chi connectivity index (χ4v) is 2.64. The molecule has 0 saturated carbocycles. The van der Waals surface area contributed by atoms with Gasteiger partial charge in [0.1, 0.15) is 0 Å². The average molecular weight is 280 g/mol. The molecule has 3 heteroatoms. The molecular weight excluding hydrogens is 265 g/mol. The summed E-state index contributed by atoms with van der Waals surface area (Å²) in [5, 5.41) is 0. The van der Waals surface area contributed by atoms with Crippen molar-refractivity contribution in [1.82, 2.24) is 4.90 Å². The summed E-state index contributed by atoms with van der Waals surface area (Å²) in [6.45, 7) is 4.63. The van der Waals surface area contributed by atoms with Crippen LogP contribution in [0.4, 0.5) is 0 Å². The maximum atomic E-state index is 5.29. The monoisotopic (exact) mass is 281 g/mol. The minimum atomic E-state index is 0.299. The molecule has 1 aliphatic heterocycles. The van der Waals surface area contributed by atoms with Gasteiger partial charge in [-0.05, 0) is 0 Å². The third-order valence-electron chi connectivity index (χ3n) is 2.39. The summed E-state index contributed by atoms with van der Waals surface area (Å²) < 4.78 is 6.64. The molecule has 0 spiro atoms. The molecular formula is C13H15NOSe. The van der Waals surface area contributed by atoms with Gasteiger partial charge in [0.05, 0.1) is 0 Å². The molecule has 0 amide bonds. The zero-order valence-electron chi connectivity index (χ0n) is 9.19. The summed E-state index contributed by atoms with van der Waals surface area (Å²) in [5.41, 5.74) is 0. The molecule has 16 heavy (non-hydrogen) atoms. The topological polar surface area (TPSA) is 12.5 Å². The number of hydrogen-bond acceptors (Lipinski definition) is 2.